The standard InChI is InChI=1S/C12H19N3S/c1-9(2)4-6-16-8-10-3-5-15-11(7-10)12(13)14/h3,5,7,9H,4,6,8H2,1-2H3,(H3,13,14). The van der Waals surface area contributed by atoms with E-state index in [0.29, 0.717) is 5.69 Å². The highest BCUT2D eigenvalue weighted by atomic mass is 32.2. The number of pyridine rings is 1. The highest BCUT2D eigenvalue weighted by Gasteiger charge is 2.00. The van der Waals surface area contributed by atoms with Crippen molar-refractivity contribution in [3.63, 3.8) is 0 Å². The van der Waals surface area contributed by atoms with Crippen LogP contribution in [0.4, 0.5) is 0 Å². The van der Waals surface area contributed by atoms with E-state index in [0.717, 1.165) is 11.7 Å². The number of hydrogen-bond donors (Lipinski definition) is 2. The summed E-state index contributed by atoms with van der Waals surface area (Å²) < 4.78 is 0. The number of nitrogen functional groups attached to an aromatic ring is 1. The molecule has 3 nitrogen and oxygen atoms in total. The average molecular weight is 237 g/mol. The molecule has 1 aromatic rings. The fourth-order valence-electron chi connectivity index (χ4n) is 1.22. The van der Waals surface area contributed by atoms with Gasteiger partial charge in [-0.05, 0) is 35.8 Å². The molecule has 4 heteroatoms. The Morgan fingerprint density at radius 2 is 2.31 bits per heavy atom. The molecule has 0 aliphatic heterocycles. The van der Waals surface area contributed by atoms with Gasteiger partial charge in [-0.15, -0.1) is 0 Å². The summed E-state index contributed by atoms with van der Waals surface area (Å²) in [5.74, 6) is 2.94. The van der Waals surface area contributed by atoms with Crippen LogP contribution in [0.25, 0.3) is 0 Å². The maximum Gasteiger partial charge on any atom is 0.141 e. The Hall–Kier alpha value is -1.03. The van der Waals surface area contributed by atoms with E-state index in [1.165, 1.54) is 17.7 Å². The maximum absolute atomic E-state index is 7.31. The van der Waals surface area contributed by atoms with Crippen molar-refractivity contribution in [2.45, 2.75) is 26.0 Å². The van der Waals surface area contributed by atoms with Crippen LogP contribution in [0.5, 0.6) is 0 Å². The molecule has 0 atom stereocenters. The topological polar surface area (TPSA) is 62.8 Å². The van der Waals surface area contributed by atoms with Crippen LogP contribution in [0, 0.1) is 11.3 Å². The summed E-state index contributed by atoms with van der Waals surface area (Å²) >= 11 is 1.92. The molecule has 1 aromatic heterocycles. The lowest BCUT2D eigenvalue weighted by Gasteiger charge is -2.05. The number of thioether (sulfide) groups is 1. The molecule has 1 heterocycles. The lowest BCUT2D eigenvalue weighted by molar-refractivity contribution is 0.632. The smallest absolute Gasteiger partial charge is 0.141 e. The second-order valence-electron chi connectivity index (χ2n) is 4.20. The molecule has 0 spiro atoms. The third-order valence-electron chi connectivity index (χ3n) is 2.21. The zero-order valence-electron chi connectivity index (χ0n) is 9.86. The first-order chi connectivity index (χ1) is 7.59. The van der Waals surface area contributed by atoms with Crippen molar-refractivity contribution in [2.75, 3.05) is 5.75 Å². The van der Waals surface area contributed by atoms with Gasteiger partial charge < -0.3 is 5.73 Å². The molecule has 0 unspecified atom stereocenters. The second kappa shape index (κ2) is 6.53. The Kier molecular flexibility index (Phi) is 5.32. The van der Waals surface area contributed by atoms with E-state index in [9.17, 15) is 0 Å². The number of nitrogens with zero attached hydrogens (tertiary/aromatic N) is 1. The highest BCUT2D eigenvalue weighted by Crippen LogP contribution is 2.15. The van der Waals surface area contributed by atoms with Gasteiger partial charge in [0.1, 0.15) is 11.5 Å². The van der Waals surface area contributed by atoms with Crippen LogP contribution in [-0.4, -0.2) is 16.6 Å². The molecule has 0 radical (unpaired) electrons. The van der Waals surface area contributed by atoms with Crippen LogP contribution in [0.1, 0.15) is 31.5 Å². The quantitative estimate of drug-likeness (QED) is 0.454. The van der Waals surface area contributed by atoms with Crippen LogP contribution in [-0.2, 0) is 5.75 Å². The number of aromatic nitrogens is 1. The van der Waals surface area contributed by atoms with Crippen molar-refractivity contribution in [1.29, 1.82) is 5.41 Å². The Bertz CT molecular complexity index is 350. The van der Waals surface area contributed by atoms with Crippen LogP contribution in [0.15, 0.2) is 18.3 Å². The third kappa shape index (κ3) is 4.66. The fourth-order valence-corrected chi connectivity index (χ4v) is 2.42. The fraction of sp³-hybridized carbons (Fsp3) is 0.500. The van der Waals surface area contributed by atoms with Crippen molar-refractivity contribution in [1.82, 2.24) is 4.98 Å². The third-order valence-corrected chi connectivity index (χ3v) is 3.27. The zero-order chi connectivity index (χ0) is 12.0. The minimum atomic E-state index is 0.0361. The van der Waals surface area contributed by atoms with Gasteiger partial charge >= 0.3 is 0 Å². The van der Waals surface area contributed by atoms with Crippen molar-refractivity contribution < 1.29 is 0 Å². The molecule has 88 valence electrons. The molecule has 0 aliphatic carbocycles. The highest BCUT2D eigenvalue weighted by molar-refractivity contribution is 7.98. The molecule has 16 heavy (non-hydrogen) atoms. The normalized spacial score (nSPS) is 10.7. The molecule has 0 saturated heterocycles. The van der Waals surface area contributed by atoms with E-state index in [1.54, 1.807) is 6.20 Å². The minimum absolute atomic E-state index is 0.0361. The Labute approximate surface area is 101 Å². The minimum Gasteiger partial charge on any atom is -0.382 e. The molecule has 3 N–H and O–H groups in total. The molecular weight excluding hydrogens is 218 g/mol. The van der Waals surface area contributed by atoms with Gasteiger partial charge in [0.05, 0.1) is 0 Å². The summed E-state index contributed by atoms with van der Waals surface area (Å²) in [6.07, 6.45) is 2.96. The summed E-state index contributed by atoms with van der Waals surface area (Å²) in [6, 6.07) is 3.87. The van der Waals surface area contributed by atoms with Crippen molar-refractivity contribution in [2.24, 2.45) is 11.7 Å². The summed E-state index contributed by atoms with van der Waals surface area (Å²) in [4.78, 5) is 4.04. The van der Waals surface area contributed by atoms with E-state index in [1.807, 2.05) is 23.9 Å². The number of nitrogens with one attached hydrogen (secondary N) is 1. The van der Waals surface area contributed by atoms with E-state index in [4.69, 9.17) is 11.1 Å². The van der Waals surface area contributed by atoms with Gasteiger partial charge in [0.15, 0.2) is 0 Å². The van der Waals surface area contributed by atoms with Gasteiger partial charge in [0, 0.05) is 11.9 Å². The van der Waals surface area contributed by atoms with Gasteiger partial charge in [-0.3, -0.25) is 10.4 Å². The maximum atomic E-state index is 7.31. The SMILES string of the molecule is CC(C)CCSCc1ccnc(C(=N)N)c1. The van der Waals surface area contributed by atoms with Crippen LogP contribution >= 0.6 is 11.8 Å². The van der Waals surface area contributed by atoms with Gasteiger partial charge in [0.2, 0.25) is 0 Å². The molecule has 0 saturated carbocycles. The summed E-state index contributed by atoms with van der Waals surface area (Å²) in [5, 5.41) is 7.31. The molecule has 0 bridgehead atoms. The molecule has 0 aromatic carbocycles. The molecular formula is C12H19N3S. The molecule has 0 fully saturated rings. The first-order valence-corrected chi connectivity index (χ1v) is 6.62. The predicted molar refractivity (Wildman–Crippen MR) is 70.9 cm³/mol. The monoisotopic (exact) mass is 237 g/mol. The van der Waals surface area contributed by atoms with Crippen molar-refractivity contribution >= 4 is 17.6 Å². The van der Waals surface area contributed by atoms with Crippen LogP contribution < -0.4 is 5.73 Å². The van der Waals surface area contributed by atoms with Crippen LogP contribution in [0.3, 0.4) is 0 Å². The van der Waals surface area contributed by atoms with Gasteiger partial charge in [0.25, 0.3) is 0 Å². The predicted octanol–water partition coefficient (Wildman–Crippen LogP) is 2.64. The average Bonchev–Trinajstić information content (AvgIpc) is 2.24. The second-order valence-corrected chi connectivity index (χ2v) is 5.30. The van der Waals surface area contributed by atoms with Gasteiger partial charge in [-0.1, -0.05) is 13.8 Å². The van der Waals surface area contributed by atoms with E-state index in [2.05, 4.69) is 18.8 Å². The first kappa shape index (κ1) is 13.0. The number of rotatable bonds is 6. The van der Waals surface area contributed by atoms with Gasteiger partial charge in [-0.25, -0.2) is 0 Å². The number of amidine groups is 1. The first-order valence-electron chi connectivity index (χ1n) is 5.46. The zero-order valence-corrected chi connectivity index (χ0v) is 10.7. The summed E-state index contributed by atoms with van der Waals surface area (Å²) in [6.45, 7) is 4.47. The van der Waals surface area contributed by atoms with E-state index >= 15 is 0 Å². The van der Waals surface area contributed by atoms with E-state index in [-0.39, 0.29) is 5.84 Å². The summed E-state index contributed by atoms with van der Waals surface area (Å²) in [7, 11) is 0. The number of nitrogens with two attached hydrogens (primary N) is 1. The molecule has 1 rings (SSSR count). The molecule has 0 amide bonds. The largest absolute Gasteiger partial charge is 0.382 e. The van der Waals surface area contributed by atoms with Crippen molar-refractivity contribution in [3.8, 4) is 0 Å². The van der Waals surface area contributed by atoms with E-state index < -0.39 is 0 Å². The number of hydrogen-bond acceptors (Lipinski definition) is 3. The van der Waals surface area contributed by atoms with Crippen LogP contribution in [0.2, 0.25) is 0 Å². The Morgan fingerprint density at radius 3 is 2.94 bits per heavy atom. The van der Waals surface area contributed by atoms with Gasteiger partial charge in [-0.2, -0.15) is 11.8 Å². The molecule has 0 aliphatic rings. The Morgan fingerprint density at radius 1 is 1.56 bits per heavy atom. The lowest BCUT2D eigenvalue weighted by Crippen LogP contribution is -2.13. The Balaban J connectivity index is 2.42. The summed E-state index contributed by atoms with van der Waals surface area (Å²) in [5.41, 5.74) is 7.15. The lowest BCUT2D eigenvalue weighted by atomic mass is 10.2. The van der Waals surface area contributed by atoms with Crippen molar-refractivity contribution in [3.05, 3.63) is 29.6 Å².